The van der Waals surface area contributed by atoms with E-state index >= 15 is 0 Å². The first-order valence-electron chi connectivity index (χ1n) is 11.2. The van der Waals surface area contributed by atoms with Gasteiger partial charge in [0.1, 0.15) is 11.6 Å². The summed E-state index contributed by atoms with van der Waals surface area (Å²) in [7, 11) is 0. The van der Waals surface area contributed by atoms with Crippen LogP contribution in [0.4, 0.5) is 11.6 Å². The average Bonchev–Trinajstić information content (AvgIpc) is 3.00. The van der Waals surface area contributed by atoms with Crippen molar-refractivity contribution in [2.24, 2.45) is 0 Å². The van der Waals surface area contributed by atoms with E-state index in [1.54, 1.807) is 23.5 Å². The zero-order valence-electron chi connectivity index (χ0n) is 18.1. The molecule has 2 aliphatic rings. The van der Waals surface area contributed by atoms with Gasteiger partial charge >= 0.3 is 0 Å². The molecule has 2 aromatic rings. The van der Waals surface area contributed by atoms with E-state index in [1.165, 1.54) is 0 Å². The zero-order valence-corrected chi connectivity index (χ0v) is 18.1. The third kappa shape index (κ3) is 5.37. The highest BCUT2D eigenvalue weighted by molar-refractivity contribution is 5.85. The fourth-order valence-corrected chi connectivity index (χ4v) is 4.29. The number of nitrogens with one attached hydrogen (secondary N) is 1. The van der Waals surface area contributed by atoms with Crippen molar-refractivity contribution in [1.82, 2.24) is 24.8 Å². The highest BCUT2D eigenvalue weighted by atomic mass is 16.2. The number of aryl methyl sites for hydroxylation is 1. The van der Waals surface area contributed by atoms with E-state index in [-0.39, 0.29) is 24.3 Å². The fourth-order valence-electron chi connectivity index (χ4n) is 4.29. The van der Waals surface area contributed by atoms with Gasteiger partial charge in [-0.05, 0) is 44.2 Å². The second-order valence-corrected chi connectivity index (χ2v) is 8.43. The molecular formula is C23H30N6O2. The Kier molecular flexibility index (Phi) is 6.74. The molecule has 0 spiro atoms. The highest BCUT2D eigenvalue weighted by Gasteiger charge is 2.28. The van der Waals surface area contributed by atoms with Crippen LogP contribution >= 0.6 is 0 Å². The minimum Gasteiger partial charge on any atom is -0.340 e. The van der Waals surface area contributed by atoms with Crippen LogP contribution in [-0.4, -0.2) is 62.7 Å². The molecule has 1 N–H and O–H groups in total. The monoisotopic (exact) mass is 422 g/mol. The molecular weight excluding hydrogens is 392 g/mol. The lowest BCUT2D eigenvalue weighted by Gasteiger charge is -2.34. The SMILES string of the molecule is Cc1cccnc1Nc1cncc(C2CCCN(C(=O)CN3CCCCCC3=O)C2)n1. The molecule has 2 aliphatic heterocycles. The van der Waals surface area contributed by atoms with Crippen LogP contribution in [0.2, 0.25) is 0 Å². The number of rotatable bonds is 5. The molecule has 1 atom stereocenters. The molecule has 0 aromatic carbocycles. The summed E-state index contributed by atoms with van der Waals surface area (Å²) in [5.41, 5.74) is 1.91. The quantitative estimate of drug-likeness (QED) is 0.796. The summed E-state index contributed by atoms with van der Waals surface area (Å²) in [6.45, 7) is 4.22. The lowest BCUT2D eigenvalue weighted by Crippen LogP contribution is -2.46. The van der Waals surface area contributed by atoms with Gasteiger partial charge in [0, 0.05) is 44.4 Å². The first-order chi connectivity index (χ1) is 15.1. The first kappa shape index (κ1) is 21.2. The van der Waals surface area contributed by atoms with Crippen LogP contribution in [0.1, 0.15) is 55.7 Å². The topological polar surface area (TPSA) is 91.3 Å². The molecule has 1 unspecified atom stereocenters. The molecule has 31 heavy (non-hydrogen) atoms. The summed E-state index contributed by atoms with van der Waals surface area (Å²) < 4.78 is 0. The largest absolute Gasteiger partial charge is 0.340 e. The Bertz CT molecular complexity index is 934. The molecule has 164 valence electrons. The zero-order chi connectivity index (χ0) is 21.6. The van der Waals surface area contributed by atoms with Gasteiger partial charge in [0.15, 0.2) is 0 Å². The first-order valence-corrected chi connectivity index (χ1v) is 11.2. The summed E-state index contributed by atoms with van der Waals surface area (Å²) in [5.74, 6) is 1.69. The summed E-state index contributed by atoms with van der Waals surface area (Å²) in [5, 5.41) is 3.24. The fraction of sp³-hybridized carbons (Fsp3) is 0.522. The smallest absolute Gasteiger partial charge is 0.242 e. The molecule has 2 saturated heterocycles. The van der Waals surface area contributed by atoms with E-state index in [0.29, 0.717) is 25.3 Å². The number of hydrogen-bond acceptors (Lipinski definition) is 6. The van der Waals surface area contributed by atoms with Crippen LogP contribution in [0.15, 0.2) is 30.7 Å². The predicted octanol–water partition coefficient (Wildman–Crippen LogP) is 3.03. The van der Waals surface area contributed by atoms with Crippen molar-refractivity contribution < 1.29 is 9.59 Å². The lowest BCUT2D eigenvalue weighted by molar-refractivity contribution is -0.140. The van der Waals surface area contributed by atoms with Gasteiger partial charge in [-0.3, -0.25) is 14.6 Å². The van der Waals surface area contributed by atoms with Gasteiger partial charge < -0.3 is 15.1 Å². The van der Waals surface area contributed by atoms with Crippen molar-refractivity contribution in [3.63, 3.8) is 0 Å². The molecule has 0 bridgehead atoms. The molecule has 4 heterocycles. The number of amides is 2. The number of anilines is 2. The lowest BCUT2D eigenvalue weighted by atomic mass is 9.95. The van der Waals surface area contributed by atoms with Crippen molar-refractivity contribution >= 4 is 23.5 Å². The molecule has 8 heteroatoms. The van der Waals surface area contributed by atoms with Crippen LogP contribution in [0, 0.1) is 6.92 Å². The van der Waals surface area contributed by atoms with Crippen molar-refractivity contribution in [2.75, 3.05) is 31.5 Å². The highest BCUT2D eigenvalue weighted by Crippen LogP contribution is 2.27. The Balaban J connectivity index is 1.40. The molecule has 4 rings (SSSR count). The Morgan fingerprint density at radius 1 is 1.19 bits per heavy atom. The van der Waals surface area contributed by atoms with E-state index < -0.39 is 0 Å². The number of carbonyl (C=O) groups is 2. The molecule has 0 saturated carbocycles. The third-order valence-electron chi connectivity index (χ3n) is 6.10. The third-order valence-corrected chi connectivity index (χ3v) is 6.10. The van der Waals surface area contributed by atoms with Gasteiger partial charge in [-0.25, -0.2) is 9.97 Å². The van der Waals surface area contributed by atoms with Crippen LogP contribution < -0.4 is 5.32 Å². The maximum atomic E-state index is 12.9. The van der Waals surface area contributed by atoms with Gasteiger partial charge in [0.05, 0.1) is 18.4 Å². The van der Waals surface area contributed by atoms with Crippen molar-refractivity contribution in [2.45, 2.75) is 51.4 Å². The number of likely N-dealkylation sites (tertiary alicyclic amines) is 2. The number of hydrogen-bond donors (Lipinski definition) is 1. The molecule has 8 nitrogen and oxygen atoms in total. The van der Waals surface area contributed by atoms with Gasteiger partial charge in [-0.15, -0.1) is 0 Å². The summed E-state index contributed by atoms with van der Waals surface area (Å²) in [6, 6.07) is 3.89. The predicted molar refractivity (Wildman–Crippen MR) is 118 cm³/mol. The van der Waals surface area contributed by atoms with Crippen molar-refractivity contribution in [1.29, 1.82) is 0 Å². The van der Waals surface area contributed by atoms with E-state index in [0.717, 1.165) is 55.7 Å². The van der Waals surface area contributed by atoms with Crippen molar-refractivity contribution in [3.05, 3.63) is 42.0 Å². The number of carbonyl (C=O) groups excluding carboxylic acids is 2. The van der Waals surface area contributed by atoms with E-state index in [4.69, 9.17) is 4.98 Å². The van der Waals surface area contributed by atoms with Gasteiger partial charge in [-0.2, -0.15) is 0 Å². The molecule has 2 fully saturated rings. The number of pyridine rings is 1. The maximum Gasteiger partial charge on any atom is 0.242 e. The number of nitrogens with zero attached hydrogens (tertiary/aromatic N) is 5. The van der Waals surface area contributed by atoms with Crippen LogP contribution in [0.25, 0.3) is 0 Å². The van der Waals surface area contributed by atoms with Gasteiger partial charge in [0.2, 0.25) is 11.8 Å². The summed E-state index contributed by atoms with van der Waals surface area (Å²) in [4.78, 5) is 42.3. The Morgan fingerprint density at radius 2 is 2.10 bits per heavy atom. The second kappa shape index (κ2) is 9.85. The van der Waals surface area contributed by atoms with E-state index in [9.17, 15) is 9.59 Å². The van der Waals surface area contributed by atoms with Crippen LogP contribution in [0.5, 0.6) is 0 Å². The van der Waals surface area contributed by atoms with Crippen LogP contribution in [0.3, 0.4) is 0 Å². The molecule has 2 amide bonds. The molecule has 0 aliphatic carbocycles. The van der Waals surface area contributed by atoms with E-state index in [2.05, 4.69) is 15.3 Å². The second-order valence-electron chi connectivity index (χ2n) is 8.43. The Labute approximate surface area is 183 Å². The van der Waals surface area contributed by atoms with Crippen molar-refractivity contribution in [3.8, 4) is 0 Å². The Hall–Kier alpha value is -3.03. The molecule has 2 aromatic heterocycles. The van der Waals surface area contributed by atoms with Gasteiger partial charge in [0.25, 0.3) is 0 Å². The normalized spacial score (nSPS) is 19.8. The summed E-state index contributed by atoms with van der Waals surface area (Å²) in [6.07, 6.45) is 10.6. The number of aromatic nitrogens is 3. The molecule has 0 radical (unpaired) electrons. The van der Waals surface area contributed by atoms with Gasteiger partial charge in [-0.1, -0.05) is 12.5 Å². The van der Waals surface area contributed by atoms with Crippen LogP contribution in [-0.2, 0) is 9.59 Å². The Morgan fingerprint density at radius 3 is 2.97 bits per heavy atom. The number of piperidine rings is 1. The summed E-state index contributed by atoms with van der Waals surface area (Å²) >= 11 is 0. The van der Waals surface area contributed by atoms with E-state index in [1.807, 2.05) is 24.0 Å². The minimum atomic E-state index is 0.0336. The average molecular weight is 423 g/mol. The standard InChI is InChI=1S/C23H30N6O2/c1-17-7-5-10-25-23(17)27-20-14-24-13-19(26-20)18-8-6-12-28(15-18)22(31)16-29-11-4-2-3-9-21(29)30/h5,7,10,13-14,18H,2-4,6,8-9,11-12,15-16H2,1H3,(H,25,26,27). The maximum absolute atomic E-state index is 12.9. The minimum absolute atomic E-state index is 0.0336.